The SMILES string of the molecule is CCCCCCCCCCCCCCCCCCCC(=O)C(C)(C)CC. The molecule has 0 saturated carbocycles. The zero-order valence-electron chi connectivity index (χ0n) is 18.8. The van der Waals surface area contributed by atoms with Crippen LogP contribution in [0, 0.1) is 5.41 Å². The molecular weight excluding hydrogens is 316 g/mol. The summed E-state index contributed by atoms with van der Waals surface area (Å²) < 4.78 is 0. The van der Waals surface area contributed by atoms with Gasteiger partial charge in [-0.2, -0.15) is 0 Å². The molecule has 0 aliphatic heterocycles. The summed E-state index contributed by atoms with van der Waals surface area (Å²) in [6.07, 6.45) is 25.4. The van der Waals surface area contributed by atoms with Gasteiger partial charge in [-0.25, -0.2) is 0 Å². The van der Waals surface area contributed by atoms with Gasteiger partial charge in [0.05, 0.1) is 0 Å². The normalized spacial score (nSPS) is 11.8. The number of rotatable bonds is 20. The van der Waals surface area contributed by atoms with Crippen molar-refractivity contribution < 1.29 is 4.79 Å². The Morgan fingerprint density at radius 2 is 0.846 bits per heavy atom. The summed E-state index contributed by atoms with van der Waals surface area (Å²) in [7, 11) is 0. The highest BCUT2D eigenvalue weighted by Crippen LogP contribution is 2.24. The predicted octanol–water partition coefficient (Wildman–Crippen LogP) is 9.03. The van der Waals surface area contributed by atoms with E-state index in [0.717, 1.165) is 19.3 Å². The smallest absolute Gasteiger partial charge is 0.138 e. The first-order valence-electron chi connectivity index (χ1n) is 12.1. The van der Waals surface area contributed by atoms with Gasteiger partial charge in [0.2, 0.25) is 0 Å². The van der Waals surface area contributed by atoms with Crippen molar-refractivity contribution >= 4 is 5.78 Å². The van der Waals surface area contributed by atoms with Crippen LogP contribution in [0.15, 0.2) is 0 Å². The number of Topliss-reactive ketones (excluding diaryl/α,β-unsaturated/α-hetero) is 1. The highest BCUT2D eigenvalue weighted by Gasteiger charge is 2.23. The number of ketones is 1. The van der Waals surface area contributed by atoms with E-state index in [1.807, 2.05) is 0 Å². The second-order valence-electron chi connectivity index (χ2n) is 9.07. The van der Waals surface area contributed by atoms with Crippen LogP contribution in [0.3, 0.4) is 0 Å². The summed E-state index contributed by atoms with van der Waals surface area (Å²) in [5, 5.41) is 0. The number of hydrogen-bond acceptors (Lipinski definition) is 1. The molecule has 0 heterocycles. The molecule has 0 saturated heterocycles. The first kappa shape index (κ1) is 25.7. The maximum absolute atomic E-state index is 12.1. The summed E-state index contributed by atoms with van der Waals surface area (Å²) in [4.78, 5) is 12.1. The van der Waals surface area contributed by atoms with Crippen LogP contribution in [-0.2, 0) is 4.79 Å². The number of unbranched alkanes of at least 4 members (excludes halogenated alkanes) is 16. The van der Waals surface area contributed by atoms with E-state index in [-0.39, 0.29) is 5.41 Å². The van der Waals surface area contributed by atoms with Gasteiger partial charge in [0.15, 0.2) is 0 Å². The van der Waals surface area contributed by atoms with Gasteiger partial charge in [-0.15, -0.1) is 0 Å². The minimum absolute atomic E-state index is 0.102. The Labute approximate surface area is 166 Å². The van der Waals surface area contributed by atoms with Crippen LogP contribution >= 0.6 is 0 Å². The third-order valence-electron chi connectivity index (χ3n) is 6.15. The maximum atomic E-state index is 12.1. The lowest BCUT2D eigenvalue weighted by Gasteiger charge is -2.20. The fraction of sp³-hybridized carbons (Fsp3) is 0.960. The molecule has 0 aromatic rings. The second kappa shape index (κ2) is 18.1. The Bertz CT molecular complexity index is 305. The van der Waals surface area contributed by atoms with E-state index < -0.39 is 0 Å². The molecule has 0 bridgehead atoms. The van der Waals surface area contributed by atoms with Crippen LogP contribution in [0.5, 0.6) is 0 Å². The molecule has 0 unspecified atom stereocenters. The molecule has 156 valence electrons. The van der Waals surface area contributed by atoms with Gasteiger partial charge in [0, 0.05) is 11.8 Å². The number of hydrogen-bond donors (Lipinski definition) is 0. The zero-order valence-corrected chi connectivity index (χ0v) is 18.8. The van der Waals surface area contributed by atoms with Crippen molar-refractivity contribution in [1.29, 1.82) is 0 Å². The number of carbonyl (C=O) groups excluding carboxylic acids is 1. The molecule has 0 fully saturated rings. The fourth-order valence-corrected chi connectivity index (χ4v) is 3.55. The molecule has 0 aliphatic carbocycles. The Morgan fingerprint density at radius 1 is 0.538 bits per heavy atom. The topological polar surface area (TPSA) is 17.1 Å². The second-order valence-corrected chi connectivity index (χ2v) is 9.07. The van der Waals surface area contributed by atoms with Crippen LogP contribution in [0.4, 0.5) is 0 Å². The summed E-state index contributed by atoms with van der Waals surface area (Å²) in [5.41, 5.74) is -0.102. The average Bonchev–Trinajstić information content (AvgIpc) is 2.64. The lowest BCUT2D eigenvalue weighted by atomic mass is 9.83. The molecule has 0 aliphatic rings. The van der Waals surface area contributed by atoms with E-state index in [9.17, 15) is 4.79 Å². The Morgan fingerprint density at radius 3 is 1.15 bits per heavy atom. The molecular formula is C25H50O. The van der Waals surface area contributed by atoms with Crippen LogP contribution in [0.2, 0.25) is 0 Å². The average molecular weight is 367 g/mol. The standard InChI is InChI=1S/C25H50O/c1-5-7-8-9-10-11-12-13-14-15-16-17-18-19-20-21-22-23-24(26)25(3,4)6-2/h5-23H2,1-4H3. The van der Waals surface area contributed by atoms with E-state index >= 15 is 0 Å². The molecule has 1 nitrogen and oxygen atoms in total. The van der Waals surface area contributed by atoms with Crippen molar-refractivity contribution in [2.75, 3.05) is 0 Å². The quantitative estimate of drug-likeness (QED) is 0.196. The highest BCUT2D eigenvalue weighted by atomic mass is 16.1. The van der Waals surface area contributed by atoms with E-state index in [1.165, 1.54) is 103 Å². The lowest BCUT2D eigenvalue weighted by Crippen LogP contribution is -2.22. The van der Waals surface area contributed by atoms with Gasteiger partial charge in [0.25, 0.3) is 0 Å². The van der Waals surface area contributed by atoms with Crippen molar-refractivity contribution in [3.63, 3.8) is 0 Å². The van der Waals surface area contributed by atoms with E-state index in [4.69, 9.17) is 0 Å². The summed E-state index contributed by atoms with van der Waals surface area (Å²) in [5.74, 6) is 0.459. The zero-order chi connectivity index (χ0) is 19.5. The molecule has 0 aromatic heterocycles. The first-order chi connectivity index (χ1) is 12.5. The third kappa shape index (κ3) is 15.9. The van der Waals surface area contributed by atoms with Crippen molar-refractivity contribution in [2.45, 2.75) is 150 Å². The largest absolute Gasteiger partial charge is 0.299 e. The summed E-state index contributed by atoms with van der Waals surface area (Å²) in [6.45, 7) is 8.58. The van der Waals surface area contributed by atoms with Crippen LogP contribution in [-0.4, -0.2) is 5.78 Å². The fourth-order valence-electron chi connectivity index (χ4n) is 3.55. The van der Waals surface area contributed by atoms with Gasteiger partial charge < -0.3 is 0 Å². The highest BCUT2D eigenvalue weighted by molar-refractivity contribution is 5.83. The molecule has 0 atom stereocenters. The molecule has 1 heteroatoms. The molecule has 0 N–H and O–H groups in total. The minimum Gasteiger partial charge on any atom is -0.299 e. The third-order valence-corrected chi connectivity index (χ3v) is 6.15. The summed E-state index contributed by atoms with van der Waals surface area (Å²) in [6, 6.07) is 0. The van der Waals surface area contributed by atoms with E-state index in [0.29, 0.717) is 5.78 Å². The monoisotopic (exact) mass is 366 g/mol. The van der Waals surface area contributed by atoms with Crippen molar-refractivity contribution in [1.82, 2.24) is 0 Å². The Hall–Kier alpha value is -0.330. The van der Waals surface area contributed by atoms with Gasteiger partial charge in [0.1, 0.15) is 5.78 Å². The maximum Gasteiger partial charge on any atom is 0.138 e. The van der Waals surface area contributed by atoms with Gasteiger partial charge in [-0.1, -0.05) is 130 Å². The van der Waals surface area contributed by atoms with Gasteiger partial charge >= 0.3 is 0 Å². The molecule has 0 amide bonds. The predicted molar refractivity (Wildman–Crippen MR) is 118 cm³/mol. The van der Waals surface area contributed by atoms with Gasteiger partial charge in [-0.05, 0) is 12.8 Å². The van der Waals surface area contributed by atoms with Crippen LogP contribution in [0.25, 0.3) is 0 Å². The number of carbonyl (C=O) groups is 1. The molecule has 0 spiro atoms. The summed E-state index contributed by atoms with van der Waals surface area (Å²) >= 11 is 0. The Kier molecular flexibility index (Phi) is 17.8. The lowest BCUT2D eigenvalue weighted by molar-refractivity contribution is -0.127. The van der Waals surface area contributed by atoms with Crippen LogP contribution < -0.4 is 0 Å². The van der Waals surface area contributed by atoms with Crippen molar-refractivity contribution in [3.8, 4) is 0 Å². The van der Waals surface area contributed by atoms with E-state index in [1.54, 1.807) is 0 Å². The van der Waals surface area contributed by atoms with Gasteiger partial charge in [-0.3, -0.25) is 4.79 Å². The Balaban J connectivity index is 3.17. The molecule has 0 rings (SSSR count). The molecule has 26 heavy (non-hydrogen) atoms. The van der Waals surface area contributed by atoms with Crippen molar-refractivity contribution in [2.24, 2.45) is 5.41 Å². The van der Waals surface area contributed by atoms with Crippen LogP contribution in [0.1, 0.15) is 150 Å². The van der Waals surface area contributed by atoms with E-state index in [2.05, 4.69) is 27.7 Å². The van der Waals surface area contributed by atoms with Crippen molar-refractivity contribution in [3.05, 3.63) is 0 Å². The molecule has 0 radical (unpaired) electrons. The molecule has 0 aromatic carbocycles. The first-order valence-corrected chi connectivity index (χ1v) is 12.1. The minimum atomic E-state index is -0.102.